The molecule has 1 aromatic carbocycles. The van der Waals surface area contributed by atoms with Crippen LogP contribution in [-0.4, -0.2) is 49.2 Å². The highest BCUT2D eigenvalue weighted by Gasteiger charge is 2.26. The lowest BCUT2D eigenvalue weighted by Crippen LogP contribution is -2.41. The van der Waals surface area contributed by atoms with Crippen molar-refractivity contribution in [2.45, 2.75) is 19.3 Å². The predicted molar refractivity (Wildman–Crippen MR) is 99.0 cm³/mol. The first-order chi connectivity index (χ1) is 12.2. The molecular formula is C18H23ClN4O2. The van der Waals surface area contributed by atoms with E-state index in [2.05, 4.69) is 20.2 Å². The Labute approximate surface area is 152 Å². The van der Waals surface area contributed by atoms with Gasteiger partial charge in [0.2, 0.25) is 5.91 Å². The van der Waals surface area contributed by atoms with Gasteiger partial charge in [-0.3, -0.25) is 4.79 Å². The van der Waals surface area contributed by atoms with Crippen molar-refractivity contribution in [2.75, 3.05) is 38.3 Å². The molecular weight excluding hydrogens is 340 g/mol. The number of fused-ring (bicyclic) bond motifs is 1. The Kier molecular flexibility index (Phi) is 6.04. The topological polar surface area (TPSA) is 67.3 Å². The minimum Gasteiger partial charge on any atom is -0.385 e. The molecule has 1 aliphatic heterocycles. The number of aromatic nitrogens is 2. The molecule has 3 rings (SSSR count). The molecule has 7 heteroatoms. The third kappa shape index (κ3) is 4.38. The maximum atomic E-state index is 12.2. The first-order valence-electron chi connectivity index (χ1n) is 8.61. The second kappa shape index (κ2) is 8.45. The van der Waals surface area contributed by atoms with Gasteiger partial charge in [-0.2, -0.15) is 0 Å². The Morgan fingerprint density at radius 2 is 2.16 bits per heavy atom. The molecule has 0 saturated carbocycles. The van der Waals surface area contributed by atoms with E-state index in [0.29, 0.717) is 18.2 Å². The number of rotatable bonds is 6. The second-order valence-electron chi connectivity index (χ2n) is 6.26. The van der Waals surface area contributed by atoms with E-state index in [1.807, 2.05) is 18.2 Å². The Bertz CT molecular complexity index is 732. The number of hydrogen-bond acceptors (Lipinski definition) is 5. The second-order valence-corrected chi connectivity index (χ2v) is 6.69. The molecule has 6 nitrogen and oxygen atoms in total. The molecule has 0 unspecified atom stereocenters. The van der Waals surface area contributed by atoms with Crippen molar-refractivity contribution in [3.05, 3.63) is 29.5 Å². The number of carbonyl (C=O) groups is 1. The number of ether oxygens (including phenoxy) is 1. The van der Waals surface area contributed by atoms with Crippen LogP contribution in [-0.2, 0) is 9.53 Å². The maximum absolute atomic E-state index is 12.2. The number of piperidine rings is 1. The summed E-state index contributed by atoms with van der Waals surface area (Å²) in [5, 5.41) is 4.66. The molecule has 1 aliphatic rings. The van der Waals surface area contributed by atoms with E-state index in [9.17, 15) is 4.79 Å². The molecule has 0 aliphatic carbocycles. The lowest BCUT2D eigenvalue weighted by molar-refractivity contribution is -0.125. The van der Waals surface area contributed by atoms with E-state index in [0.717, 1.165) is 49.1 Å². The number of halogens is 1. The predicted octanol–water partition coefficient (Wildman–Crippen LogP) is 2.65. The van der Waals surface area contributed by atoms with Gasteiger partial charge in [-0.25, -0.2) is 9.97 Å². The number of carbonyl (C=O) groups excluding carboxylic acids is 1. The number of hydrogen-bond donors (Lipinski definition) is 1. The molecule has 25 heavy (non-hydrogen) atoms. The summed E-state index contributed by atoms with van der Waals surface area (Å²) in [6, 6.07) is 5.67. The molecule has 0 atom stereocenters. The molecule has 1 amide bonds. The van der Waals surface area contributed by atoms with Gasteiger partial charge in [0.15, 0.2) is 0 Å². The van der Waals surface area contributed by atoms with Gasteiger partial charge >= 0.3 is 0 Å². The Morgan fingerprint density at radius 3 is 2.92 bits per heavy atom. The average Bonchev–Trinajstić information content (AvgIpc) is 2.64. The van der Waals surface area contributed by atoms with Gasteiger partial charge in [-0.05, 0) is 37.5 Å². The van der Waals surface area contributed by atoms with E-state index in [-0.39, 0.29) is 11.8 Å². The molecule has 1 fully saturated rings. The van der Waals surface area contributed by atoms with Crippen LogP contribution in [0.5, 0.6) is 0 Å². The summed E-state index contributed by atoms with van der Waals surface area (Å²) in [5.74, 6) is 1.14. The number of nitrogens with zero attached hydrogens (tertiary/aromatic N) is 3. The quantitative estimate of drug-likeness (QED) is 0.800. The van der Waals surface area contributed by atoms with Gasteiger partial charge < -0.3 is 15.0 Å². The van der Waals surface area contributed by atoms with E-state index in [1.165, 1.54) is 0 Å². The third-order valence-corrected chi connectivity index (χ3v) is 4.80. The average molecular weight is 363 g/mol. The SMILES string of the molecule is COCCCNC(=O)C1CCN(c2ncnc3cc(Cl)ccc23)CC1. The molecule has 1 N–H and O–H groups in total. The maximum Gasteiger partial charge on any atom is 0.223 e. The number of nitrogens with one attached hydrogen (secondary N) is 1. The highest BCUT2D eigenvalue weighted by atomic mass is 35.5. The van der Waals surface area contributed by atoms with E-state index in [4.69, 9.17) is 16.3 Å². The Morgan fingerprint density at radius 1 is 1.36 bits per heavy atom. The van der Waals surface area contributed by atoms with Crippen LogP contribution in [0.2, 0.25) is 5.02 Å². The minimum absolute atomic E-state index is 0.0707. The molecule has 134 valence electrons. The van der Waals surface area contributed by atoms with Crippen LogP contribution >= 0.6 is 11.6 Å². The molecule has 1 saturated heterocycles. The van der Waals surface area contributed by atoms with Crippen LogP contribution in [0, 0.1) is 5.92 Å². The van der Waals surface area contributed by atoms with Gasteiger partial charge in [0.05, 0.1) is 5.52 Å². The lowest BCUT2D eigenvalue weighted by Gasteiger charge is -2.32. The Hall–Kier alpha value is -1.92. The molecule has 0 spiro atoms. The summed E-state index contributed by atoms with van der Waals surface area (Å²) in [6.45, 7) is 2.96. The van der Waals surface area contributed by atoms with Gasteiger partial charge in [-0.15, -0.1) is 0 Å². The van der Waals surface area contributed by atoms with Crippen LogP contribution in [0.1, 0.15) is 19.3 Å². The summed E-state index contributed by atoms with van der Waals surface area (Å²) < 4.78 is 5.00. The van der Waals surface area contributed by atoms with Crippen LogP contribution in [0.15, 0.2) is 24.5 Å². The van der Waals surface area contributed by atoms with Crippen molar-refractivity contribution in [3.8, 4) is 0 Å². The zero-order valence-corrected chi connectivity index (χ0v) is 15.1. The molecule has 2 heterocycles. The smallest absolute Gasteiger partial charge is 0.223 e. The largest absolute Gasteiger partial charge is 0.385 e. The summed E-state index contributed by atoms with van der Waals surface area (Å²) in [5.41, 5.74) is 0.843. The normalized spacial score (nSPS) is 15.5. The minimum atomic E-state index is 0.0707. The van der Waals surface area contributed by atoms with Gasteiger partial charge in [-0.1, -0.05) is 11.6 Å². The van der Waals surface area contributed by atoms with Crippen molar-refractivity contribution < 1.29 is 9.53 Å². The highest BCUT2D eigenvalue weighted by molar-refractivity contribution is 6.31. The number of methoxy groups -OCH3 is 1. The number of anilines is 1. The summed E-state index contributed by atoms with van der Waals surface area (Å²) in [6.07, 6.45) is 4.07. The van der Waals surface area contributed by atoms with Crippen LogP contribution in [0.3, 0.4) is 0 Å². The monoisotopic (exact) mass is 362 g/mol. The van der Waals surface area contributed by atoms with E-state index < -0.39 is 0 Å². The van der Waals surface area contributed by atoms with Crippen LogP contribution < -0.4 is 10.2 Å². The molecule has 0 bridgehead atoms. The van der Waals surface area contributed by atoms with E-state index >= 15 is 0 Å². The lowest BCUT2D eigenvalue weighted by atomic mass is 9.95. The Balaban J connectivity index is 1.60. The van der Waals surface area contributed by atoms with Crippen molar-refractivity contribution >= 4 is 34.2 Å². The highest BCUT2D eigenvalue weighted by Crippen LogP contribution is 2.28. The fourth-order valence-corrected chi connectivity index (χ4v) is 3.36. The summed E-state index contributed by atoms with van der Waals surface area (Å²) in [7, 11) is 1.67. The standard InChI is InChI=1S/C18H23ClN4O2/c1-25-10-2-7-20-18(24)13-5-8-23(9-6-13)17-15-4-3-14(19)11-16(15)21-12-22-17/h3-4,11-13H,2,5-10H2,1H3,(H,20,24). The fraction of sp³-hybridized carbons (Fsp3) is 0.500. The van der Waals surface area contributed by atoms with Gasteiger partial charge in [0, 0.05) is 49.7 Å². The van der Waals surface area contributed by atoms with Crippen molar-refractivity contribution in [1.29, 1.82) is 0 Å². The summed E-state index contributed by atoms with van der Waals surface area (Å²) in [4.78, 5) is 23.2. The van der Waals surface area contributed by atoms with Crippen molar-refractivity contribution in [3.63, 3.8) is 0 Å². The van der Waals surface area contributed by atoms with Crippen molar-refractivity contribution in [2.24, 2.45) is 5.92 Å². The molecule has 1 aromatic heterocycles. The molecule has 0 radical (unpaired) electrons. The van der Waals surface area contributed by atoms with Gasteiger partial charge in [0.25, 0.3) is 0 Å². The third-order valence-electron chi connectivity index (χ3n) is 4.57. The number of benzene rings is 1. The van der Waals surface area contributed by atoms with Crippen LogP contribution in [0.25, 0.3) is 10.9 Å². The van der Waals surface area contributed by atoms with Crippen molar-refractivity contribution in [1.82, 2.24) is 15.3 Å². The van der Waals surface area contributed by atoms with E-state index in [1.54, 1.807) is 13.4 Å². The summed E-state index contributed by atoms with van der Waals surface area (Å²) >= 11 is 6.05. The first-order valence-corrected chi connectivity index (χ1v) is 8.98. The van der Waals surface area contributed by atoms with Crippen LogP contribution in [0.4, 0.5) is 5.82 Å². The molecule has 2 aromatic rings. The number of amides is 1. The van der Waals surface area contributed by atoms with Gasteiger partial charge in [0.1, 0.15) is 12.1 Å². The first kappa shape index (κ1) is 17.9. The fourth-order valence-electron chi connectivity index (χ4n) is 3.19. The zero-order chi connectivity index (χ0) is 17.6. The zero-order valence-electron chi connectivity index (χ0n) is 14.4.